The average molecular weight is 243 g/mol. The predicted octanol–water partition coefficient (Wildman–Crippen LogP) is 2.79. The second kappa shape index (κ2) is 7.24. The summed E-state index contributed by atoms with van der Waals surface area (Å²) in [5.41, 5.74) is 1.71. The van der Waals surface area contributed by atoms with Crippen LogP contribution < -0.4 is 5.32 Å². The molecule has 4 heteroatoms. The second-order valence-electron chi connectivity index (χ2n) is 3.60. The third-order valence-electron chi connectivity index (χ3n) is 2.27. The number of hydrogen-bond donors (Lipinski definition) is 2. The van der Waals surface area contributed by atoms with Gasteiger partial charge in [-0.25, -0.2) is 0 Å². The molecule has 3 atom stereocenters. The molecule has 2 N–H and O–H groups in total. The van der Waals surface area contributed by atoms with E-state index < -0.39 is 0 Å². The van der Waals surface area contributed by atoms with E-state index in [1.165, 1.54) is 5.56 Å². The van der Waals surface area contributed by atoms with Crippen LogP contribution in [0.2, 0.25) is 0 Å². The summed E-state index contributed by atoms with van der Waals surface area (Å²) < 4.78 is 8.69. The van der Waals surface area contributed by atoms with Crippen LogP contribution in [0, 0.1) is 0 Å². The summed E-state index contributed by atoms with van der Waals surface area (Å²) in [7, 11) is 2.74. The van der Waals surface area contributed by atoms with Crippen LogP contribution in [-0.2, 0) is 0 Å². The summed E-state index contributed by atoms with van der Waals surface area (Å²) in [6.45, 7) is 3.05. The van der Waals surface area contributed by atoms with E-state index in [-0.39, 0.29) is 0 Å². The molecule has 0 saturated heterocycles. The molecule has 0 aliphatic rings. The predicted molar refractivity (Wildman–Crippen MR) is 71.4 cm³/mol. The van der Waals surface area contributed by atoms with Crippen LogP contribution in [0.15, 0.2) is 30.3 Å². The van der Waals surface area contributed by atoms with Crippen LogP contribution in [0.5, 0.6) is 0 Å². The van der Waals surface area contributed by atoms with Crippen molar-refractivity contribution in [1.29, 1.82) is 0 Å². The molecule has 0 aliphatic heterocycles. The van der Waals surface area contributed by atoms with Crippen molar-refractivity contribution in [3.8, 4) is 0 Å². The van der Waals surface area contributed by atoms with E-state index in [9.17, 15) is 0 Å². The second-order valence-corrected chi connectivity index (χ2v) is 5.13. The van der Waals surface area contributed by atoms with Crippen LogP contribution in [0.25, 0.3) is 0 Å². The van der Waals surface area contributed by atoms with Gasteiger partial charge in [0, 0.05) is 18.3 Å². The fourth-order valence-electron chi connectivity index (χ4n) is 1.34. The fraction of sp³-hybridized carbons (Fsp3) is 0.455. The zero-order chi connectivity index (χ0) is 11.1. The van der Waals surface area contributed by atoms with Crippen molar-refractivity contribution in [2.45, 2.75) is 18.6 Å². The normalized spacial score (nSPS) is 14.9. The standard InChI is InChI=1S/C11H18NOPS/c1-9(10-5-3-2-4-6-10)12-7-11(14)8-15-13/h2-6,9,11-13H,7-8,14H2,1H3. The first-order chi connectivity index (χ1) is 7.24. The first-order valence-electron chi connectivity index (χ1n) is 5.04. The number of hydrogen-bond acceptors (Lipinski definition) is 3. The van der Waals surface area contributed by atoms with Crippen molar-refractivity contribution >= 4 is 21.3 Å². The van der Waals surface area contributed by atoms with Gasteiger partial charge in [0.15, 0.2) is 0 Å². The van der Waals surface area contributed by atoms with Crippen molar-refractivity contribution in [3.05, 3.63) is 35.9 Å². The van der Waals surface area contributed by atoms with Crippen molar-refractivity contribution < 1.29 is 4.55 Å². The summed E-state index contributed by atoms with van der Waals surface area (Å²) in [5, 5.41) is 3.44. The average Bonchev–Trinajstić information content (AvgIpc) is 2.27. The van der Waals surface area contributed by atoms with Crippen LogP contribution in [-0.4, -0.2) is 22.5 Å². The summed E-state index contributed by atoms with van der Waals surface area (Å²) in [5.74, 6) is 0.749. The van der Waals surface area contributed by atoms with Gasteiger partial charge in [-0.15, -0.1) is 9.24 Å². The molecule has 3 unspecified atom stereocenters. The van der Waals surface area contributed by atoms with Crippen molar-refractivity contribution in [3.63, 3.8) is 0 Å². The Hall–Kier alpha value is -0.0800. The topological polar surface area (TPSA) is 32.3 Å². The molecule has 1 aromatic rings. The Morgan fingerprint density at radius 2 is 2.07 bits per heavy atom. The van der Waals surface area contributed by atoms with E-state index in [1.54, 1.807) is 0 Å². The molecular weight excluding hydrogens is 225 g/mol. The highest BCUT2D eigenvalue weighted by Gasteiger charge is 2.06. The Labute approximate surface area is 98.3 Å². The van der Waals surface area contributed by atoms with Gasteiger partial charge in [0.2, 0.25) is 0 Å². The van der Waals surface area contributed by atoms with Gasteiger partial charge in [-0.1, -0.05) is 30.3 Å². The van der Waals surface area contributed by atoms with Gasteiger partial charge in [0.25, 0.3) is 0 Å². The smallest absolute Gasteiger partial charge is 0.0292 e. The minimum atomic E-state index is 0.359. The van der Waals surface area contributed by atoms with Gasteiger partial charge < -0.3 is 9.87 Å². The zero-order valence-electron chi connectivity index (χ0n) is 8.89. The molecule has 0 amide bonds. The highest BCUT2D eigenvalue weighted by Crippen LogP contribution is 2.12. The number of rotatable bonds is 6. The molecule has 0 fully saturated rings. The van der Waals surface area contributed by atoms with Crippen molar-refractivity contribution in [2.75, 3.05) is 12.3 Å². The fourth-order valence-corrected chi connectivity index (χ4v) is 2.05. The van der Waals surface area contributed by atoms with Crippen LogP contribution >= 0.6 is 21.3 Å². The Morgan fingerprint density at radius 3 is 2.67 bits per heavy atom. The Bertz CT molecular complexity index is 271. The van der Waals surface area contributed by atoms with E-state index in [2.05, 4.69) is 45.7 Å². The van der Waals surface area contributed by atoms with Crippen molar-refractivity contribution in [2.24, 2.45) is 0 Å². The van der Waals surface area contributed by atoms with Gasteiger partial charge in [0.05, 0.1) is 0 Å². The largest absolute Gasteiger partial charge is 0.330 e. The Morgan fingerprint density at radius 1 is 1.40 bits per heavy atom. The van der Waals surface area contributed by atoms with Crippen molar-refractivity contribution in [1.82, 2.24) is 5.32 Å². The minimum Gasteiger partial charge on any atom is -0.330 e. The van der Waals surface area contributed by atoms with E-state index in [0.717, 1.165) is 24.3 Å². The molecular formula is C11H18NOPS. The van der Waals surface area contributed by atoms with Gasteiger partial charge in [-0.05, 0) is 30.2 Å². The van der Waals surface area contributed by atoms with Crippen LogP contribution in [0.1, 0.15) is 18.5 Å². The molecule has 2 nitrogen and oxygen atoms in total. The molecule has 15 heavy (non-hydrogen) atoms. The summed E-state index contributed by atoms with van der Waals surface area (Å²) in [6, 6.07) is 10.7. The lowest BCUT2D eigenvalue weighted by atomic mass is 10.1. The molecule has 0 aromatic heterocycles. The SMILES string of the molecule is CC(NCC(P)CSO)c1ccccc1. The van der Waals surface area contributed by atoms with E-state index in [4.69, 9.17) is 4.55 Å². The Balaban J connectivity index is 2.33. The lowest BCUT2D eigenvalue weighted by molar-refractivity contribution is 0.574. The first kappa shape index (κ1) is 13.0. The summed E-state index contributed by atoms with van der Waals surface area (Å²) >= 11 is 0.896. The maximum absolute atomic E-state index is 8.69. The first-order valence-corrected chi connectivity index (χ1v) is 6.65. The Kier molecular flexibility index (Phi) is 6.26. The van der Waals surface area contributed by atoms with Gasteiger partial charge in [0.1, 0.15) is 0 Å². The molecule has 0 heterocycles. The van der Waals surface area contributed by atoms with E-state index in [0.29, 0.717) is 11.7 Å². The third-order valence-corrected chi connectivity index (χ3v) is 3.66. The molecule has 1 aromatic carbocycles. The third kappa shape index (κ3) is 4.98. The molecule has 0 aliphatic carbocycles. The highest BCUT2D eigenvalue weighted by atomic mass is 32.2. The molecule has 0 radical (unpaired) electrons. The minimum absolute atomic E-state index is 0.359. The van der Waals surface area contributed by atoms with Crippen LogP contribution in [0.4, 0.5) is 0 Å². The van der Waals surface area contributed by atoms with Gasteiger partial charge >= 0.3 is 0 Å². The van der Waals surface area contributed by atoms with Gasteiger partial charge in [-0.2, -0.15) is 0 Å². The summed E-state index contributed by atoms with van der Waals surface area (Å²) in [6.07, 6.45) is 0. The molecule has 0 spiro atoms. The molecule has 0 bridgehead atoms. The van der Waals surface area contributed by atoms with E-state index >= 15 is 0 Å². The number of benzene rings is 1. The maximum atomic E-state index is 8.69. The quantitative estimate of drug-likeness (QED) is 0.595. The van der Waals surface area contributed by atoms with Gasteiger partial charge in [-0.3, -0.25) is 0 Å². The molecule has 1 rings (SSSR count). The molecule has 84 valence electrons. The lowest BCUT2D eigenvalue weighted by Crippen LogP contribution is -2.27. The maximum Gasteiger partial charge on any atom is 0.0292 e. The highest BCUT2D eigenvalue weighted by molar-refractivity contribution is 7.93. The number of nitrogens with one attached hydrogen (secondary N) is 1. The monoisotopic (exact) mass is 243 g/mol. The van der Waals surface area contributed by atoms with E-state index in [1.807, 2.05) is 6.07 Å². The van der Waals surface area contributed by atoms with Crippen LogP contribution in [0.3, 0.4) is 0 Å². The molecule has 0 saturated carbocycles. The summed E-state index contributed by atoms with van der Waals surface area (Å²) in [4.78, 5) is 0. The zero-order valence-corrected chi connectivity index (χ0v) is 10.9. The lowest BCUT2D eigenvalue weighted by Gasteiger charge is -2.17.